The quantitative estimate of drug-likeness (QED) is 0.323. The van der Waals surface area contributed by atoms with Crippen molar-refractivity contribution in [2.24, 2.45) is 12.1 Å². The van der Waals surface area contributed by atoms with Crippen molar-refractivity contribution in [3.63, 3.8) is 0 Å². The number of imidazole rings is 1. The van der Waals surface area contributed by atoms with Crippen LogP contribution in [0.25, 0.3) is 11.2 Å². The van der Waals surface area contributed by atoms with Gasteiger partial charge in [0.15, 0.2) is 11.2 Å². The largest absolute Gasteiger partial charge is 0.507 e. The highest BCUT2D eigenvalue weighted by Gasteiger charge is 2.16. The molecule has 140 valence electrons. The van der Waals surface area contributed by atoms with E-state index in [0.717, 1.165) is 4.47 Å². The molecule has 2 heterocycles. The van der Waals surface area contributed by atoms with E-state index in [9.17, 15) is 14.7 Å². The van der Waals surface area contributed by atoms with Crippen LogP contribution in [0.3, 0.4) is 0 Å². The molecule has 2 aromatic heterocycles. The summed E-state index contributed by atoms with van der Waals surface area (Å²) in [4.78, 5) is 30.7. The number of rotatable bonds is 5. The number of nitrogens with zero attached hydrogens (tertiary/aromatic N) is 4. The topological polar surface area (TPSA) is 117 Å². The van der Waals surface area contributed by atoms with Crippen LogP contribution in [0.2, 0.25) is 0 Å². The summed E-state index contributed by atoms with van der Waals surface area (Å²) in [5.74, 6) is 0.366. The van der Waals surface area contributed by atoms with E-state index in [2.05, 4.69) is 36.4 Å². The molecule has 0 aliphatic carbocycles. The summed E-state index contributed by atoms with van der Waals surface area (Å²) in [7, 11) is 1.53. The molecule has 0 saturated carbocycles. The first kappa shape index (κ1) is 18.6. The summed E-state index contributed by atoms with van der Waals surface area (Å²) in [6, 6.07) is 4.96. The fraction of sp³-hybridized carbons (Fsp3) is 0.176. The molecular weight excluding hydrogens is 416 g/mol. The molecule has 3 rings (SSSR count). The van der Waals surface area contributed by atoms with Crippen molar-refractivity contribution in [3.05, 3.63) is 61.2 Å². The van der Waals surface area contributed by atoms with Crippen LogP contribution in [0.5, 0.6) is 5.75 Å². The van der Waals surface area contributed by atoms with Gasteiger partial charge in [0, 0.05) is 23.6 Å². The third kappa shape index (κ3) is 3.70. The Morgan fingerprint density at radius 1 is 1.41 bits per heavy atom. The van der Waals surface area contributed by atoms with E-state index in [-0.39, 0.29) is 16.9 Å². The van der Waals surface area contributed by atoms with E-state index >= 15 is 0 Å². The number of nitrogens with one attached hydrogen (secondary N) is 2. The highest BCUT2D eigenvalue weighted by Crippen LogP contribution is 2.20. The second-order valence-corrected chi connectivity index (χ2v) is 6.59. The number of aromatic hydroxyl groups is 1. The number of aromatic amines is 1. The van der Waals surface area contributed by atoms with Gasteiger partial charge in [-0.25, -0.2) is 10.2 Å². The second kappa shape index (κ2) is 7.62. The van der Waals surface area contributed by atoms with Gasteiger partial charge >= 0.3 is 5.69 Å². The molecule has 1 aromatic carbocycles. The fourth-order valence-electron chi connectivity index (χ4n) is 2.50. The van der Waals surface area contributed by atoms with Crippen molar-refractivity contribution < 1.29 is 5.11 Å². The van der Waals surface area contributed by atoms with Crippen molar-refractivity contribution in [2.45, 2.75) is 13.5 Å². The predicted octanol–water partition coefficient (Wildman–Crippen LogP) is 1.91. The lowest BCUT2D eigenvalue weighted by Crippen LogP contribution is -2.29. The zero-order valence-corrected chi connectivity index (χ0v) is 16.2. The van der Waals surface area contributed by atoms with Crippen molar-refractivity contribution in [1.82, 2.24) is 19.1 Å². The average molecular weight is 433 g/mol. The minimum atomic E-state index is -0.544. The van der Waals surface area contributed by atoms with E-state index in [4.69, 9.17) is 0 Å². The van der Waals surface area contributed by atoms with Crippen LogP contribution < -0.4 is 16.7 Å². The molecule has 0 fully saturated rings. The number of anilines is 1. The van der Waals surface area contributed by atoms with Gasteiger partial charge in [0.05, 0.1) is 6.21 Å². The molecule has 9 nitrogen and oxygen atoms in total. The van der Waals surface area contributed by atoms with Crippen molar-refractivity contribution in [2.75, 3.05) is 5.43 Å². The van der Waals surface area contributed by atoms with E-state index < -0.39 is 11.2 Å². The summed E-state index contributed by atoms with van der Waals surface area (Å²) in [5, 5.41) is 14.0. The molecule has 0 saturated heterocycles. The van der Waals surface area contributed by atoms with E-state index in [1.807, 2.05) is 19.1 Å². The number of fused-ring (bicyclic) bond motifs is 1. The van der Waals surface area contributed by atoms with Gasteiger partial charge in [-0.3, -0.25) is 18.9 Å². The highest BCUT2D eigenvalue weighted by molar-refractivity contribution is 9.10. The van der Waals surface area contributed by atoms with E-state index in [1.54, 1.807) is 22.8 Å². The standard InChI is InChI=1S/C17H17BrN6O3/c1-3-4-7-24-13-14(23(2)17(27)21-15(13)26)20-16(24)22-19-9-10-8-11(18)5-6-12(10)25/h3-6,8-9,25H,7H2,1-2H3,(H,20,22)(H,21,26,27)/b4-3+,19-9+. The van der Waals surface area contributed by atoms with Gasteiger partial charge in [0.1, 0.15) is 5.75 Å². The number of benzene rings is 1. The molecule has 0 aliphatic rings. The Morgan fingerprint density at radius 3 is 2.93 bits per heavy atom. The Labute approximate surface area is 161 Å². The lowest BCUT2D eigenvalue weighted by Gasteiger charge is -2.05. The van der Waals surface area contributed by atoms with Crippen LogP contribution in [0.15, 0.2) is 49.5 Å². The summed E-state index contributed by atoms with van der Waals surface area (Å²) < 4.78 is 3.67. The summed E-state index contributed by atoms with van der Waals surface area (Å²) >= 11 is 3.33. The maximum atomic E-state index is 12.3. The lowest BCUT2D eigenvalue weighted by molar-refractivity contribution is 0.474. The fourth-order valence-corrected chi connectivity index (χ4v) is 2.88. The Bertz CT molecular complexity index is 1170. The number of phenolic OH excluding ortho intramolecular Hbond substituents is 1. The SMILES string of the molecule is C/C=C/Cn1c(N/N=C/c2cc(Br)ccc2O)nc2c1c(=O)[nH]c(=O)n2C. The average Bonchev–Trinajstić information content (AvgIpc) is 3.00. The molecule has 0 amide bonds. The zero-order chi connectivity index (χ0) is 19.6. The molecule has 0 aliphatic heterocycles. The number of hydrazone groups is 1. The first-order valence-electron chi connectivity index (χ1n) is 8.00. The molecular formula is C17H17BrN6O3. The first-order valence-corrected chi connectivity index (χ1v) is 8.80. The number of aryl methyl sites for hydroxylation is 1. The van der Waals surface area contributed by atoms with Gasteiger partial charge in [0.2, 0.25) is 5.95 Å². The summed E-state index contributed by atoms with van der Waals surface area (Å²) in [6.45, 7) is 2.23. The molecule has 0 spiro atoms. The minimum absolute atomic E-state index is 0.0741. The maximum Gasteiger partial charge on any atom is 0.329 e. The molecule has 10 heteroatoms. The van der Waals surface area contributed by atoms with Crippen molar-refractivity contribution in [1.29, 1.82) is 0 Å². The normalized spacial score (nSPS) is 11.8. The number of H-pyrrole nitrogens is 1. The molecule has 0 atom stereocenters. The Hall–Kier alpha value is -3.14. The maximum absolute atomic E-state index is 12.3. The van der Waals surface area contributed by atoms with Crippen LogP contribution >= 0.6 is 15.9 Å². The van der Waals surface area contributed by atoms with Crippen LogP contribution in [-0.2, 0) is 13.6 Å². The van der Waals surface area contributed by atoms with Crippen LogP contribution in [0, 0.1) is 0 Å². The second-order valence-electron chi connectivity index (χ2n) is 5.68. The molecule has 0 unspecified atom stereocenters. The van der Waals surface area contributed by atoms with Gasteiger partial charge in [-0.05, 0) is 25.1 Å². The number of allylic oxidation sites excluding steroid dienone is 2. The van der Waals surface area contributed by atoms with Gasteiger partial charge in [-0.2, -0.15) is 10.1 Å². The Morgan fingerprint density at radius 2 is 2.19 bits per heavy atom. The summed E-state index contributed by atoms with van der Waals surface area (Å²) in [5.41, 5.74) is 2.71. The number of phenols is 1. The van der Waals surface area contributed by atoms with Crippen molar-refractivity contribution in [3.8, 4) is 5.75 Å². The number of hydrogen-bond acceptors (Lipinski definition) is 6. The lowest BCUT2D eigenvalue weighted by atomic mass is 10.2. The minimum Gasteiger partial charge on any atom is -0.507 e. The first-order chi connectivity index (χ1) is 12.9. The molecule has 3 aromatic rings. The Kier molecular flexibility index (Phi) is 5.26. The van der Waals surface area contributed by atoms with Gasteiger partial charge < -0.3 is 5.11 Å². The molecule has 0 bridgehead atoms. The van der Waals surface area contributed by atoms with E-state index in [1.165, 1.54) is 17.8 Å². The highest BCUT2D eigenvalue weighted by atomic mass is 79.9. The Balaban J connectivity index is 2.05. The van der Waals surface area contributed by atoms with Gasteiger partial charge in [-0.1, -0.05) is 28.1 Å². The molecule has 0 radical (unpaired) electrons. The van der Waals surface area contributed by atoms with Gasteiger partial charge in [-0.15, -0.1) is 0 Å². The number of aromatic nitrogens is 4. The van der Waals surface area contributed by atoms with Crippen LogP contribution in [0.1, 0.15) is 12.5 Å². The number of halogens is 1. The predicted molar refractivity (Wildman–Crippen MR) is 107 cm³/mol. The van der Waals surface area contributed by atoms with Crippen LogP contribution in [0.4, 0.5) is 5.95 Å². The monoisotopic (exact) mass is 432 g/mol. The summed E-state index contributed by atoms with van der Waals surface area (Å²) in [6.07, 6.45) is 5.12. The third-order valence-corrected chi connectivity index (χ3v) is 4.38. The number of hydrogen-bond donors (Lipinski definition) is 3. The van der Waals surface area contributed by atoms with Crippen molar-refractivity contribution >= 4 is 39.3 Å². The van der Waals surface area contributed by atoms with E-state index in [0.29, 0.717) is 18.1 Å². The van der Waals surface area contributed by atoms with Gasteiger partial charge in [0.25, 0.3) is 5.56 Å². The molecule has 3 N–H and O–H groups in total. The zero-order valence-electron chi connectivity index (χ0n) is 14.6. The molecule has 27 heavy (non-hydrogen) atoms. The smallest absolute Gasteiger partial charge is 0.329 e. The van der Waals surface area contributed by atoms with Crippen LogP contribution in [-0.4, -0.2) is 30.4 Å². The third-order valence-electron chi connectivity index (χ3n) is 3.89.